The molecule has 1 aliphatic rings. The van der Waals surface area contributed by atoms with Crippen molar-refractivity contribution in [2.45, 2.75) is 27.2 Å². The molecule has 0 N–H and O–H groups in total. The summed E-state index contributed by atoms with van der Waals surface area (Å²) in [4.78, 5) is 18.0. The van der Waals surface area contributed by atoms with Crippen LogP contribution in [0.4, 0.5) is 4.79 Å². The van der Waals surface area contributed by atoms with Gasteiger partial charge in [0.2, 0.25) is 0 Å². The van der Waals surface area contributed by atoms with Crippen LogP contribution in [-0.2, 0) is 0 Å². The Hall–Kier alpha value is -2.21. The van der Waals surface area contributed by atoms with Crippen LogP contribution in [0.15, 0.2) is 11.3 Å². The van der Waals surface area contributed by atoms with Crippen molar-refractivity contribution in [3.05, 3.63) is 11.3 Å². The fraction of sp³-hybridized carbons (Fsp3) is 0.667. The van der Waals surface area contributed by atoms with E-state index < -0.39 is 0 Å². The summed E-state index contributed by atoms with van der Waals surface area (Å²) in [6, 6.07) is 3.99. The highest BCUT2D eigenvalue weighted by Crippen LogP contribution is 2.17. The molecule has 1 fully saturated rings. The highest BCUT2D eigenvalue weighted by Gasteiger charge is 2.25. The molecular weight excluding hydrogens is 266 g/mol. The van der Waals surface area contributed by atoms with Gasteiger partial charge in [-0.3, -0.25) is 0 Å². The lowest BCUT2D eigenvalue weighted by Crippen LogP contribution is -2.52. The Labute approximate surface area is 126 Å². The minimum atomic E-state index is 0.0717. The van der Waals surface area contributed by atoms with Crippen LogP contribution in [0.2, 0.25) is 0 Å². The second-order valence-corrected chi connectivity index (χ2v) is 4.83. The van der Waals surface area contributed by atoms with Gasteiger partial charge in [-0.2, -0.15) is 10.5 Å². The second kappa shape index (κ2) is 8.16. The minimum Gasteiger partial charge on any atom is -0.370 e. The quantitative estimate of drug-likeness (QED) is 0.739. The van der Waals surface area contributed by atoms with Crippen molar-refractivity contribution in [3.63, 3.8) is 0 Å². The molecule has 0 aromatic rings. The highest BCUT2D eigenvalue weighted by molar-refractivity contribution is 5.74. The smallest absolute Gasteiger partial charge is 0.320 e. The van der Waals surface area contributed by atoms with Crippen molar-refractivity contribution in [1.82, 2.24) is 14.7 Å². The number of nitriles is 2. The Morgan fingerprint density at radius 1 is 1.00 bits per heavy atom. The molecule has 0 aliphatic carbocycles. The number of hydrogen-bond donors (Lipinski definition) is 0. The summed E-state index contributed by atoms with van der Waals surface area (Å²) >= 11 is 0. The summed E-state index contributed by atoms with van der Waals surface area (Å²) in [7, 11) is 0. The molecule has 0 aromatic carbocycles. The van der Waals surface area contributed by atoms with Crippen LogP contribution in [-0.4, -0.2) is 60.0 Å². The molecule has 0 atom stereocenters. The monoisotopic (exact) mass is 289 g/mol. The van der Waals surface area contributed by atoms with Crippen molar-refractivity contribution >= 4 is 6.03 Å². The van der Waals surface area contributed by atoms with Gasteiger partial charge in [0.05, 0.1) is 0 Å². The number of piperazine rings is 1. The Morgan fingerprint density at radius 2 is 1.48 bits per heavy atom. The van der Waals surface area contributed by atoms with Gasteiger partial charge in [-0.25, -0.2) is 4.79 Å². The molecule has 114 valence electrons. The van der Waals surface area contributed by atoms with Crippen molar-refractivity contribution in [2.75, 3.05) is 39.3 Å². The Bertz CT molecular complexity index is 457. The molecule has 1 heterocycles. The van der Waals surface area contributed by atoms with Gasteiger partial charge in [0.25, 0.3) is 0 Å². The number of amides is 2. The fourth-order valence-corrected chi connectivity index (χ4v) is 2.57. The van der Waals surface area contributed by atoms with E-state index >= 15 is 0 Å². The van der Waals surface area contributed by atoms with E-state index in [1.807, 2.05) is 47.6 Å². The summed E-state index contributed by atoms with van der Waals surface area (Å²) < 4.78 is 0. The van der Waals surface area contributed by atoms with Crippen molar-refractivity contribution in [3.8, 4) is 12.1 Å². The minimum absolute atomic E-state index is 0.0717. The average molecular weight is 289 g/mol. The van der Waals surface area contributed by atoms with Crippen LogP contribution in [0.25, 0.3) is 0 Å². The molecule has 1 saturated heterocycles. The lowest BCUT2D eigenvalue weighted by atomic mass is 10.1. The molecule has 6 heteroatoms. The molecule has 0 bridgehead atoms. The zero-order valence-corrected chi connectivity index (χ0v) is 13.1. The molecule has 2 amide bonds. The SMILES string of the molecule is CCC(=C(C#N)C#N)N1CCN(C(=O)N(CC)CC)CC1. The van der Waals surface area contributed by atoms with Crippen molar-refractivity contribution in [2.24, 2.45) is 0 Å². The Kier molecular flexibility index (Phi) is 6.55. The number of rotatable bonds is 4. The summed E-state index contributed by atoms with van der Waals surface area (Å²) in [5, 5.41) is 18.0. The lowest BCUT2D eigenvalue weighted by Gasteiger charge is -2.39. The standard InChI is InChI=1S/C15H23N5O/c1-4-14(13(11-16)12-17)19-7-9-20(10-8-19)15(21)18(5-2)6-3/h4-10H2,1-3H3. The van der Waals surface area contributed by atoms with Crippen LogP contribution in [0.3, 0.4) is 0 Å². The van der Waals surface area contributed by atoms with Gasteiger partial charge >= 0.3 is 6.03 Å². The van der Waals surface area contributed by atoms with E-state index in [0.29, 0.717) is 45.7 Å². The van der Waals surface area contributed by atoms with Crippen LogP contribution in [0.5, 0.6) is 0 Å². The summed E-state index contributed by atoms with van der Waals surface area (Å²) in [5.74, 6) is 0. The normalized spacial score (nSPS) is 14.1. The number of nitrogens with zero attached hydrogens (tertiary/aromatic N) is 5. The maximum atomic E-state index is 12.3. The molecule has 0 unspecified atom stereocenters. The predicted molar refractivity (Wildman–Crippen MR) is 80.0 cm³/mol. The first-order chi connectivity index (χ1) is 10.1. The van der Waals surface area contributed by atoms with Crippen LogP contribution in [0.1, 0.15) is 27.2 Å². The molecular formula is C15H23N5O. The first kappa shape index (κ1) is 16.8. The lowest BCUT2D eigenvalue weighted by molar-refractivity contribution is 0.126. The number of carbonyl (C=O) groups excluding carboxylic acids is 1. The molecule has 0 aromatic heterocycles. The molecule has 6 nitrogen and oxygen atoms in total. The van der Waals surface area contributed by atoms with Gasteiger partial charge in [0.15, 0.2) is 0 Å². The van der Waals surface area contributed by atoms with Crippen LogP contribution < -0.4 is 0 Å². The van der Waals surface area contributed by atoms with E-state index in [1.165, 1.54) is 0 Å². The zero-order valence-electron chi connectivity index (χ0n) is 13.1. The van der Waals surface area contributed by atoms with Gasteiger partial charge in [-0.05, 0) is 20.3 Å². The maximum absolute atomic E-state index is 12.3. The third-order valence-electron chi connectivity index (χ3n) is 3.81. The van der Waals surface area contributed by atoms with Crippen LogP contribution in [0, 0.1) is 22.7 Å². The number of allylic oxidation sites excluding steroid dienone is 2. The molecule has 1 rings (SSSR count). The molecule has 21 heavy (non-hydrogen) atoms. The van der Waals surface area contributed by atoms with Crippen molar-refractivity contribution in [1.29, 1.82) is 10.5 Å². The van der Waals surface area contributed by atoms with E-state index in [4.69, 9.17) is 10.5 Å². The van der Waals surface area contributed by atoms with Gasteiger partial charge in [0, 0.05) is 45.0 Å². The van der Waals surface area contributed by atoms with Gasteiger partial charge in [-0.1, -0.05) is 6.92 Å². The molecule has 1 aliphatic heterocycles. The molecule has 0 saturated carbocycles. The summed E-state index contributed by atoms with van der Waals surface area (Å²) in [5.41, 5.74) is 0.968. The summed E-state index contributed by atoms with van der Waals surface area (Å²) in [6.07, 6.45) is 0.653. The highest BCUT2D eigenvalue weighted by atomic mass is 16.2. The Morgan fingerprint density at radius 3 is 1.86 bits per heavy atom. The van der Waals surface area contributed by atoms with E-state index in [-0.39, 0.29) is 11.6 Å². The van der Waals surface area contributed by atoms with Crippen LogP contribution >= 0.6 is 0 Å². The molecule has 0 radical (unpaired) electrons. The van der Waals surface area contributed by atoms with Gasteiger partial charge in [0.1, 0.15) is 17.7 Å². The number of hydrogen-bond acceptors (Lipinski definition) is 4. The first-order valence-corrected chi connectivity index (χ1v) is 7.44. The largest absolute Gasteiger partial charge is 0.370 e. The third-order valence-corrected chi connectivity index (χ3v) is 3.81. The predicted octanol–water partition coefficient (Wildman–Crippen LogP) is 1.78. The fourth-order valence-electron chi connectivity index (χ4n) is 2.57. The zero-order chi connectivity index (χ0) is 15.8. The summed E-state index contributed by atoms with van der Waals surface area (Å²) in [6.45, 7) is 9.91. The van der Waals surface area contributed by atoms with Crippen molar-refractivity contribution < 1.29 is 4.79 Å². The van der Waals surface area contributed by atoms with Gasteiger partial charge in [-0.15, -0.1) is 0 Å². The average Bonchev–Trinajstić information content (AvgIpc) is 2.53. The van der Waals surface area contributed by atoms with Gasteiger partial charge < -0.3 is 14.7 Å². The number of urea groups is 1. The third kappa shape index (κ3) is 3.88. The topological polar surface area (TPSA) is 74.4 Å². The van der Waals surface area contributed by atoms with E-state index in [9.17, 15) is 4.79 Å². The second-order valence-electron chi connectivity index (χ2n) is 4.83. The number of carbonyl (C=O) groups is 1. The van der Waals surface area contributed by atoms with E-state index in [0.717, 1.165) is 5.70 Å². The Balaban J connectivity index is 2.72. The molecule has 0 spiro atoms. The first-order valence-electron chi connectivity index (χ1n) is 7.44. The van der Waals surface area contributed by atoms with E-state index in [2.05, 4.69) is 0 Å². The van der Waals surface area contributed by atoms with E-state index in [1.54, 1.807) is 0 Å². The maximum Gasteiger partial charge on any atom is 0.320 e.